The molecule has 1 atom stereocenters. The highest BCUT2D eigenvalue weighted by molar-refractivity contribution is 6.36. The van der Waals surface area contributed by atoms with Crippen LogP contribution in [0, 0.1) is 0 Å². The second-order valence-electron chi connectivity index (χ2n) is 3.92. The van der Waals surface area contributed by atoms with Crippen LogP contribution in [0.25, 0.3) is 0 Å². The third-order valence-corrected chi connectivity index (χ3v) is 3.12. The fourth-order valence-electron chi connectivity index (χ4n) is 1.48. The van der Waals surface area contributed by atoms with Crippen molar-refractivity contribution in [3.05, 3.63) is 33.8 Å². The number of benzene rings is 1. The van der Waals surface area contributed by atoms with Crippen LogP contribution in [-0.2, 0) is 20.7 Å². The van der Waals surface area contributed by atoms with E-state index in [9.17, 15) is 9.59 Å². The second kappa shape index (κ2) is 7.36. The van der Waals surface area contributed by atoms with E-state index in [1.165, 1.54) is 0 Å². The van der Waals surface area contributed by atoms with Crippen molar-refractivity contribution in [2.24, 2.45) is 0 Å². The van der Waals surface area contributed by atoms with Gasteiger partial charge in [0.25, 0.3) is 0 Å². The van der Waals surface area contributed by atoms with E-state index in [1.807, 2.05) is 0 Å². The zero-order valence-electron chi connectivity index (χ0n) is 10.7. The number of rotatable bonds is 5. The van der Waals surface area contributed by atoms with Gasteiger partial charge in [0.05, 0.1) is 13.0 Å². The largest absolute Gasteiger partial charge is 0.464 e. The highest BCUT2D eigenvalue weighted by atomic mass is 35.5. The van der Waals surface area contributed by atoms with Crippen LogP contribution in [0.1, 0.15) is 19.4 Å². The fraction of sp³-hybridized carbons (Fsp3) is 0.385. The van der Waals surface area contributed by atoms with Crippen LogP contribution in [-0.4, -0.2) is 24.5 Å². The van der Waals surface area contributed by atoms with Gasteiger partial charge in [0.1, 0.15) is 6.04 Å². The maximum Gasteiger partial charge on any atom is 0.328 e. The van der Waals surface area contributed by atoms with Crippen LogP contribution >= 0.6 is 23.2 Å². The molecule has 0 aliphatic heterocycles. The monoisotopic (exact) mass is 303 g/mol. The Hall–Kier alpha value is -1.26. The fourth-order valence-corrected chi connectivity index (χ4v) is 2.01. The van der Waals surface area contributed by atoms with E-state index >= 15 is 0 Å². The predicted molar refractivity (Wildman–Crippen MR) is 74.4 cm³/mol. The minimum absolute atomic E-state index is 0.0161. The molecule has 1 N–H and O–H groups in total. The third kappa shape index (κ3) is 4.73. The first kappa shape index (κ1) is 15.8. The van der Waals surface area contributed by atoms with Crippen molar-refractivity contribution in [3.63, 3.8) is 0 Å². The van der Waals surface area contributed by atoms with Gasteiger partial charge in [0, 0.05) is 10.0 Å². The van der Waals surface area contributed by atoms with Crippen molar-refractivity contribution in [2.75, 3.05) is 6.61 Å². The van der Waals surface area contributed by atoms with Gasteiger partial charge < -0.3 is 10.1 Å². The number of carbonyl (C=O) groups is 2. The van der Waals surface area contributed by atoms with Gasteiger partial charge in [-0.3, -0.25) is 4.79 Å². The van der Waals surface area contributed by atoms with Gasteiger partial charge >= 0.3 is 5.97 Å². The van der Waals surface area contributed by atoms with Crippen molar-refractivity contribution >= 4 is 35.1 Å². The first-order chi connectivity index (χ1) is 8.95. The third-order valence-electron chi connectivity index (χ3n) is 2.42. The number of amides is 1. The summed E-state index contributed by atoms with van der Waals surface area (Å²) in [6, 6.07) is 4.32. The standard InChI is InChI=1S/C13H15Cl2NO3/c1-3-19-13(18)8(2)16-12(17)7-9-10(14)5-4-6-11(9)15/h4-6,8H,3,7H2,1-2H3,(H,16,17)/t8-/m0/s1. The summed E-state index contributed by atoms with van der Waals surface area (Å²) in [6.07, 6.45) is 0.0161. The molecule has 0 saturated carbocycles. The maximum atomic E-state index is 11.8. The molecule has 1 rings (SSSR count). The highest BCUT2D eigenvalue weighted by Gasteiger charge is 2.18. The smallest absolute Gasteiger partial charge is 0.328 e. The number of esters is 1. The molecule has 0 fully saturated rings. The lowest BCUT2D eigenvalue weighted by molar-refractivity contribution is -0.146. The van der Waals surface area contributed by atoms with E-state index in [0.29, 0.717) is 15.6 Å². The summed E-state index contributed by atoms with van der Waals surface area (Å²) in [4.78, 5) is 23.2. The van der Waals surface area contributed by atoms with Crippen molar-refractivity contribution in [1.82, 2.24) is 5.32 Å². The van der Waals surface area contributed by atoms with Gasteiger partial charge in [0.15, 0.2) is 0 Å². The lowest BCUT2D eigenvalue weighted by Crippen LogP contribution is -2.40. The van der Waals surface area contributed by atoms with Gasteiger partial charge in [-0.15, -0.1) is 0 Å². The Morgan fingerprint density at radius 3 is 2.42 bits per heavy atom. The Labute approximate surface area is 122 Å². The molecular formula is C13H15Cl2NO3. The summed E-state index contributed by atoms with van der Waals surface area (Å²) in [5.74, 6) is -0.809. The van der Waals surface area contributed by atoms with Crippen molar-refractivity contribution < 1.29 is 14.3 Å². The molecule has 0 heterocycles. The van der Waals surface area contributed by atoms with Crippen LogP contribution in [0.5, 0.6) is 0 Å². The molecular weight excluding hydrogens is 289 g/mol. The Morgan fingerprint density at radius 2 is 1.89 bits per heavy atom. The van der Waals surface area contributed by atoms with Crippen molar-refractivity contribution in [2.45, 2.75) is 26.3 Å². The molecule has 0 radical (unpaired) electrons. The average Bonchev–Trinajstić information content (AvgIpc) is 2.34. The molecule has 104 valence electrons. The van der Waals surface area contributed by atoms with E-state index in [4.69, 9.17) is 27.9 Å². The van der Waals surface area contributed by atoms with Crippen molar-refractivity contribution in [3.8, 4) is 0 Å². The van der Waals surface area contributed by atoms with Gasteiger partial charge in [-0.05, 0) is 31.5 Å². The van der Waals surface area contributed by atoms with E-state index in [0.717, 1.165) is 0 Å². The Balaban J connectivity index is 2.63. The van der Waals surface area contributed by atoms with E-state index < -0.39 is 12.0 Å². The van der Waals surface area contributed by atoms with Gasteiger partial charge in [-0.1, -0.05) is 29.3 Å². The van der Waals surface area contributed by atoms with Crippen LogP contribution in [0.4, 0.5) is 0 Å². The molecule has 0 aliphatic rings. The van der Waals surface area contributed by atoms with Crippen LogP contribution in [0.15, 0.2) is 18.2 Å². The number of hydrogen-bond donors (Lipinski definition) is 1. The topological polar surface area (TPSA) is 55.4 Å². The molecule has 1 aromatic carbocycles. The predicted octanol–water partition coefficient (Wildman–Crippen LogP) is 2.60. The number of hydrogen-bond acceptors (Lipinski definition) is 3. The Morgan fingerprint density at radius 1 is 1.32 bits per heavy atom. The summed E-state index contributed by atoms with van der Waals surface area (Å²) in [5.41, 5.74) is 0.541. The maximum absolute atomic E-state index is 11.8. The summed E-state index contributed by atoms with van der Waals surface area (Å²) < 4.78 is 4.80. The lowest BCUT2D eigenvalue weighted by atomic mass is 10.1. The molecule has 0 bridgehead atoms. The average molecular weight is 304 g/mol. The number of halogens is 2. The quantitative estimate of drug-likeness (QED) is 0.851. The first-order valence-corrected chi connectivity index (χ1v) is 6.60. The molecule has 0 aromatic heterocycles. The molecule has 19 heavy (non-hydrogen) atoms. The first-order valence-electron chi connectivity index (χ1n) is 5.84. The second-order valence-corrected chi connectivity index (χ2v) is 4.73. The van der Waals surface area contributed by atoms with Crippen LogP contribution in [0.2, 0.25) is 10.0 Å². The summed E-state index contributed by atoms with van der Waals surface area (Å²) >= 11 is 11.9. The molecule has 0 saturated heterocycles. The van der Waals surface area contributed by atoms with Gasteiger partial charge in [-0.25, -0.2) is 4.79 Å². The molecule has 1 amide bonds. The van der Waals surface area contributed by atoms with Crippen LogP contribution < -0.4 is 5.32 Å². The number of carbonyl (C=O) groups excluding carboxylic acids is 2. The van der Waals surface area contributed by atoms with E-state index in [1.54, 1.807) is 32.0 Å². The zero-order chi connectivity index (χ0) is 14.4. The van der Waals surface area contributed by atoms with E-state index in [-0.39, 0.29) is 18.9 Å². The minimum atomic E-state index is -0.700. The summed E-state index contributed by atoms with van der Waals surface area (Å²) in [6.45, 7) is 3.54. The zero-order valence-corrected chi connectivity index (χ0v) is 12.2. The molecule has 6 heteroatoms. The Kier molecular flexibility index (Phi) is 6.12. The van der Waals surface area contributed by atoms with Gasteiger partial charge in [0.2, 0.25) is 5.91 Å². The minimum Gasteiger partial charge on any atom is -0.464 e. The van der Waals surface area contributed by atoms with E-state index in [2.05, 4.69) is 5.32 Å². The lowest BCUT2D eigenvalue weighted by Gasteiger charge is -2.13. The molecule has 0 unspecified atom stereocenters. The number of ether oxygens (including phenoxy) is 1. The molecule has 0 spiro atoms. The highest BCUT2D eigenvalue weighted by Crippen LogP contribution is 2.24. The van der Waals surface area contributed by atoms with Crippen LogP contribution in [0.3, 0.4) is 0 Å². The van der Waals surface area contributed by atoms with Crippen molar-refractivity contribution in [1.29, 1.82) is 0 Å². The molecule has 1 aromatic rings. The van der Waals surface area contributed by atoms with Gasteiger partial charge in [-0.2, -0.15) is 0 Å². The molecule has 0 aliphatic carbocycles. The SMILES string of the molecule is CCOC(=O)[C@H](C)NC(=O)Cc1c(Cl)cccc1Cl. The number of nitrogens with one attached hydrogen (secondary N) is 1. The normalized spacial score (nSPS) is 11.8. The Bertz CT molecular complexity index is 457. The molecule has 4 nitrogen and oxygen atoms in total. The summed E-state index contributed by atoms with van der Waals surface area (Å²) in [5, 5.41) is 3.38. The summed E-state index contributed by atoms with van der Waals surface area (Å²) in [7, 11) is 0.